The average molecular weight is 240 g/mol. The number of rotatable bonds is 3. The van der Waals surface area contributed by atoms with Crippen LogP contribution in [-0.4, -0.2) is 28.2 Å². The molecule has 0 fully saturated rings. The van der Waals surface area contributed by atoms with Gasteiger partial charge < -0.3 is 9.80 Å². The van der Waals surface area contributed by atoms with Gasteiger partial charge in [-0.1, -0.05) is 36.4 Å². The van der Waals surface area contributed by atoms with Gasteiger partial charge in [-0.05, 0) is 17.7 Å². The van der Waals surface area contributed by atoms with Crippen molar-refractivity contribution >= 4 is 11.4 Å². The maximum absolute atomic E-state index is 2.16. The molecule has 0 aliphatic carbocycles. The van der Waals surface area contributed by atoms with E-state index >= 15 is 0 Å². The number of anilines is 2. The van der Waals surface area contributed by atoms with Crippen LogP contribution >= 0.6 is 0 Å². The van der Waals surface area contributed by atoms with Crippen LogP contribution in [0, 0.1) is 0 Å². The maximum Gasteiger partial charge on any atom is 0.0461 e. The summed E-state index contributed by atoms with van der Waals surface area (Å²) in [5.74, 6) is 0. The van der Waals surface area contributed by atoms with Gasteiger partial charge in [0.15, 0.2) is 0 Å². The van der Waals surface area contributed by atoms with E-state index < -0.39 is 0 Å². The summed E-state index contributed by atoms with van der Waals surface area (Å²) in [7, 11) is 8.34. The molecule has 0 N–H and O–H groups in total. The van der Waals surface area contributed by atoms with Crippen molar-refractivity contribution in [2.24, 2.45) is 0 Å². The van der Waals surface area contributed by atoms with Crippen LogP contribution < -0.4 is 9.80 Å². The lowest BCUT2D eigenvalue weighted by Crippen LogP contribution is -2.14. The van der Waals surface area contributed by atoms with Crippen molar-refractivity contribution in [3.8, 4) is 11.1 Å². The fraction of sp³-hybridized carbons (Fsp3) is 0.250. The lowest BCUT2D eigenvalue weighted by atomic mass is 10.0. The summed E-state index contributed by atoms with van der Waals surface area (Å²) < 4.78 is 0. The van der Waals surface area contributed by atoms with Gasteiger partial charge >= 0.3 is 0 Å². The number of hydrogen-bond donors (Lipinski definition) is 0. The smallest absolute Gasteiger partial charge is 0.0461 e. The Labute approximate surface area is 109 Å². The molecular formula is C16H20N2. The van der Waals surface area contributed by atoms with Crippen molar-refractivity contribution in [3.05, 3.63) is 48.5 Å². The molecule has 0 amide bonds. The van der Waals surface area contributed by atoms with Gasteiger partial charge in [-0.3, -0.25) is 0 Å². The molecule has 18 heavy (non-hydrogen) atoms. The Morgan fingerprint density at radius 1 is 0.611 bits per heavy atom. The van der Waals surface area contributed by atoms with E-state index in [0.29, 0.717) is 0 Å². The minimum Gasteiger partial charge on any atom is -0.377 e. The van der Waals surface area contributed by atoms with E-state index in [2.05, 4.69) is 86.5 Å². The van der Waals surface area contributed by atoms with Crippen LogP contribution in [0.25, 0.3) is 11.1 Å². The molecule has 2 rings (SSSR count). The van der Waals surface area contributed by atoms with Gasteiger partial charge in [0, 0.05) is 45.1 Å². The van der Waals surface area contributed by atoms with E-state index in [4.69, 9.17) is 0 Å². The minimum absolute atomic E-state index is 1.24. The zero-order valence-electron chi connectivity index (χ0n) is 11.5. The first-order valence-electron chi connectivity index (χ1n) is 6.14. The van der Waals surface area contributed by atoms with E-state index in [-0.39, 0.29) is 0 Å². The molecule has 0 aliphatic heterocycles. The second kappa shape index (κ2) is 5.13. The van der Waals surface area contributed by atoms with Crippen LogP contribution in [-0.2, 0) is 0 Å². The lowest BCUT2D eigenvalue weighted by Gasteiger charge is -2.24. The largest absolute Gasteiger partial charge is 0.377 e. The zero-order chi connectivity index (χ0) is 13.1. The van der Waals surface area contributed by atoms with Gasteiger partial charge in [0.1, 0.15) is 0 Å². The SMILES string of the molecule is CN(C)c1cccc(N(C)C)c1-c1ccccc1. The van der Waals surface area contributed by atoms with E-state index in [1.54, 1.807) is 0 Å². The molecule has 0 unspecified atom stereocenters. The van der Waals surface area contributed by atoms with Crippen LogP contribution in [0.4, 0.5) is 11.4 Å². The Morgan fingerprint density at radius 2 is 1.11 bits per heavy atom. The number of benzene rings is 2. The average Bonchev–Trinajstić information content (AvgIpc) is 2.38. The van der Waals surface area contributed by atoms with Gasteiger partial charge in [0.05, 0.1) is 0 Å². The summed E-state index contributed by atoms with van der Waals surface area (Å²) in [6, 6.07) is 17.0. The van der Waals surface area contributed by atoms with Crippen LogP contribution in [0.15, 0.2) is 48.5 Å². The first-order valence-corrected chi connectivity index (χ1v) is 6.14. The summed E-state index contributed by atoms with van der Waals surface area (Å²) >= 11 is 0. The third-order valence-electron chi connectivity index (χ3n) is 3.05. The standard InChI is InChI=1S/C16H20N2/c1-17(2)14-11-8-12-15(18(3)4)16(14)13-9-6-5-7-10-13/h5-12H,1-4H3. The Bertz CT molecular complexity index is 490. The molecule has 2 heteroatoms. The van der Waals surface area contributed by atoms with Crippen LogP contribution in [0.2, 0.25) is 0 Å². The highest BCUT2D eigenvalue weighted by Gasteiger charge is 2.12. The summed E-state index contributed by atoms with van der Waals surface area (Å²) in [4.78, 5) is 4.32. The Hall–Kier alpha value is -1.96. The fourth-order valence-electron chi connectivity index (χ4n) is 2.17. The highest BCUT2D eigenvalue weighted by Crippen LogP contribution is 2.37. The molecule has 0 aliphatic rings. The molecule has 94 valence electrons. The summed E-state index contributed by atoms with van der Waals surface area (Å²) in [6.07, 6.45) is 0. The van der Waals surface area contributed by atoms with Gasteiger partial charge in [-0.2, -0.15) is 0 Å². The van der Waals surface area contributed by atoms with Gasteiger partial charge in [0.25, 0.3) is 0 Å². The van der Waals surface area contributed by atoms with Crippen molar-refractivity contribution in [2.75, 3.05) is 38.0 Å². The zero-order valence-corrected chi connectivity index (χ0v) is 11.5. The topological polar surface area (TPSA) is 6.48 Å². The van der Waals surface area contributed by atoms with E-state index in [1.807, 2.05) is 0 Å². The first kappa shape index (κ1) is 12.5. The van der Waals surface area contributed by atoms with Gasteiger partial charge in [0.2, 0.25) is 0 Å². The quantitative estimate of drug-likeness (QED) is 0.810. The van der Waals surface area contributed by atoms with E-state index in [9.17, 15) is 0 Å². The van der Waals surface area contributed by atoms with Gasteiger partial charge in [-0.25, -0.2) is 0 Å². The molecule has 2 aromatic carbocycles. The van der Waals surface area contributed by atoms with Crippen LogP contribution in [0.1, 0.15) is 0 Å². The molecule has 0 saturated heterocycles. The van der Waals surface area contributed by atoms with E-state index in [0.717, 1.165) is 0 Å². The molecule has 0 atom stereocenters. The highest BCUT2D eigenvalue weighted by molar-refractivity contribution is 5.89. The maximum atomic E-state index is 2.16. The molecule has 2 nitrogen and oxygen atoms in total. The Morgan fingerprint density at radius 3 is 1.56 bits per heavy atom. The highest BCUT2D eigenvalue weighted by atomic mass is 15.1. The first-order chi connectivity index (χ1) is 8.61. The molecule has 0 radical (unpaired) electrons. The normalized spacial score (nSPS) is 10.2. The van der Waals surface area contributed by atoms with Crippen molar-refractivity contribution in [2.45, 2.75) is 0 Å². The molecule has 0 heterocycles. The molecular weight excluding hydrogens is 220 g/mol. The van der Waals surface area contributed by atoms with Crippen LogP contribution in [0.3, 0.4) is 0 Å². The molecule has 2 aromatic rings. The minimum atomic E-state index is 1.24. The molecule has 0 bridgehead atoms. The Kier molecular flexibility index (Phi) is 3.56. The van der Waals surface area contributed by atoms with Crippen molar-refractivity contribution in [3.63, 3.8) is 0 Å². The molecule has 0 spiro atoms. The second-order valence-electron chi connectivity index (χ2n) is 4.83. The summed E-state index contributed by atoms with van der Waals surface area (Å²) in [5.41, 5.74) is 5.03. The molecule has 0 saturated carbocycles. The fourth-order valence-corrected chi connectivity index (χ4v) is 2.17. The van der Waals surface area contributed by atoms with Crippen molar-refractivity contribution in [1.29, 1.82) is 0 Å². The summed E-state index contributed by atoms with van der Waals surface area (Å²) in [5, 5.41) is 0. The second-order valence-corrected chi connectivity index (χ2v) is 4.83. The number of nitrogens with zero attached hydrogens (tertiary/aromatic N) is 2. The van der Waals surface area contributed by atoms with Crippen molar-refractivity contribution in [1.82, 2.24) is 0 Å². The third-order valence-corrected chi connectivity index (χ3v) is 3.05. The number of hydrogen-bond acceptors (Lipinski definition) is 2. The summed E-state index contributed by atoms with van der Waals surface area (Å²) in [6.45, 7) is 0. The molecule has 0 aromatic heterocycles. The van der Waals surface area contributed by atoms with Gasteiger partial charge in [-0.15, -0.1) is 0 Å². The third kappa shape index (κ3) is 2.33. The monoisotopic (exact) mass is 240 g/mol. The Balaban J connectivity index is 2.69. The predicted octanol–water partition coefficient (Wildman–Crippen LogP) is 3.49. The van der Waals surface area contributed by atoms with E-state index in [1.165, 1.54) is 22.5 Å². The van der Waals surface area contributed by atoms with Crippen molar-refractivity contribution < 1.29 is 0 Å². The van der Waals surface area contributed by atoms with Crippen LogP contribution in [0.5, 0.6) is 0 Å². The predicted molar refractivity (Wildman–Crippen MR) is 80.5 cm³/mol. The lowest BCUT2D eigenvalue weighted by molar-refractivity contribution is 1.10.